The maximum atomic E-state index is 12.3. The molecule has 0 unspecified atom stereocenters. The summed E-state index contributed by atoms with van der Waals surface area (Å²) in [6.07, 6.45) is 1.94. The number of ether oxygens (including phenoxy) is 1. The lowest BCUT2D eigenvalue weighted by Gasteiger charge is -2.23. The van der Waals surface area contributed by atoms with Crippen molar-refractivity contribution in [2.75, 3.05) is 7.11 Å². The third-order valence-electron chi connectivity index (χ3n) is 3.41. The highest BCUT2D eigenvalue weighted by Crippen LogP contribution is 2.39. The number of nitrogens with one attached hydrogen (secondary N) is 1. The summed E-state index contributed by atoms with van der Waals surface area (Å²) < 4.78 is 5.14. The van der Waals surface area contributed by atoms with Gasteiger partial charge in [-0.3, -0.25) is 4.79 Å². The van der Waals surface area contributed by atoms with Crippen LogP contribution in [-0.4, -0.2) is 18.6 Å². The zero-order valence-corrected chi connectivity index (χ0v) is 11.6. The fourth-order valence-corrected chi connectivity index (χ4v) is 2.21. The molecule has 2 rings (SSSR count). The first-order valence-electron chi connectivity index (χ1n) is 6.07. The molecule has 1 fully saturated rings. The second kappa shape index (κ2) is 5.10. The molecule has 0 saturated heterocycles. The van der Waals surface area contributed by atoms with Gasteiger partial charge in [-0.1, -0.05) is 11.6 Å². The van der Waals surface area contributed by atoms with Crippen molar-refractivity contribution < 1.29 is 9.53 Å². The quantitative estimate of drug-likeness (QED) is 0.921. The number of nitriles is 1. The van der Waals surface area contributed by atoms with E-state index in [0.29, 0.717) is 16.3 Å². The van der Waals surface area contributed by atoms with E-state index < -0.39 is 5.54 Å². The topological polar surface area (TPSA) is 62.1 Å². The first-order valence-corrected chi connectivity index (χ1v) is 6.45. The highest BCUT2D eigenvalue weighted by molar-refractivity contribution is 6.31. The monoisotopic (exact) mass is 278 g/mol. The molecule has 5 heteroatoms. The smallest absolute Gasteiger partial charge is 0.256 e. The lowest BCUT2D eigenvalue weighted by atomic mass is 9.97. The average Bonchev–Trinajstić information content (AvgIpc) is 3.23. The lowest BCUT2D eigenvalue weighted by Crippen LogP contribution is -2.46. The average molecular weight is 279 g/mol. The molecule has 0 aliphatic heterocycles. The Morgan fingerprint density at radius 3 is 2.79 bits per heavy atom. The maximum absolute atomic E-state index is 12.3. The highest BCUT2D eigenvalue weighted by atomic mass is 35.5. The second-order valence-corrected chi connectivity index (χ2v) is 5.32. The van der Waals surface area contributed by atoms with E-state index in [9.17, 15) is 10.1 Å². The van der Waals surface area contributed by atoms with Gasteiger partial charge in [-0.05, 0) is 43.9 Å². The van der Waals surface area contributed by atoms with Crippen LogP contribution in [0.15, 0.2) is 18.2 Å². The SMILES string of the molecule is COc1ccc(Cl)cc1C(=O)N[C@](C)(C#N)C1CC1. The highest BCUT2D eigenvalue weighted by Gasteiger charge is 2.43. The van der Waals surface area contributed by atoms with Crippen LogP contribution in [0.25, 0.3) is 0 Å². The molecule has 0 radical (unpaired) electrons. The Morgan fingerprint density at radius 1 is 1.58 bits per heavy atom. The van der Waals surface area contributed by atoms with Gasteiger partial charge in [0.1, 0.15) is 11.3 Å². The molecular formula is C14H15ClN2O2. The number of methoxy groups -OCH3 is 1. The molecule has 4 nitrogen and oxygen atoms in total. The first kappa shape index (κ1) is 13.7. The number of hydrogen-bond donors (Lipinski definition) is 1. The van der Waals surface area contributed by atoms with Crippen molar-refractivity contribution >= 4 is 17.5 Å². The Bertz CT molecular complexity index is 549. The van der Waals surface area contributed by atoms with E-state index in [-0.39, 0.29) is 11.8 Å². The normalized spacial score (nSPS) is 17.2. The Kier molecular flexibility index (Phi) is 3.68. The number of halogens is 1. The lowest BCUT2D eigenvalue weighted by molar-refractivity contribution is 0.0914. The minimum absolute atomic E-state index is 0.228. The molecular weight excluding hydrogens is 264 g/mol. The molecule has 1 aromatic rings. The van der Waals surface area contributed by atoms with Crippen molar-refractivity contribution in [3.05, 3.63) is 28.8 Å². The van der Waals surface area contributed by atoms with Crippen LogP contribution in [-0.2, 0) is 0 Å². The Balaban J connectivity index is 2.25. The summed E-state index contributed by atoms with van der Waals surface area (Å²) in [6, 6.07) is 7.02. The summed E-state index contributed by atoms with van der Waals surface area (Å²) in [4.78, 5) is 12.3. The minimum atomic E-state index is -0.829. The van der Waals surface area contributed by atoms with Crippen LogP contribution in [0.1, 0.15) is 30.1 Å². The van der Waals surface area contributed by atoms with Gasteiger partial charge in [0, 0.05) is 5.02 Å². The fourth-order valence-electron chi connectivity index (χ4n) is 2.04. The molecule has 100 valence electrons. The molecule has 1 saturated carbocycles. The molecule has 0 heterocycles. The molecule has 1 aromatic carbocycles. The van der Waals surface area contributed by atoms with Crippen LogP contribution in [0.4, 0.5) is 0 Å². The third kappa shape index (κ3) is 2.82. The van der Waals surface area contributed by atoms with Crippen molar-refractivity contribution in [1.29, 1.82) is 5.26 Å². The van der Waals surface area contributed by atoms with Gasteiger partial charge >= 0.3 is 0 Å². The van der Waals surface area contributed by atoms with Crippen molar-refractivity contribution in [2.24, 2.45) is 5.92 Å². The largest absolute Gasteiger partial charge is 0.496 e. The number of amides is 1. The van der Waals surface area contributed by atoms with Gasteiger partial charge in [0.15, 0.2) is 0 Å². The van der Waals surface area contributed by atoms with Crippen LogP contribution in [0, 0.1) is 17.2 Å². The predicted molar refractivity (Wildman–Crippen MR) is 72.2 cm³/mol. The van der Waals surface area contributed by atoms with E-state index in [1.807, 2.05) is 0 Å². The van der Waals surface area contributed by atoms with Crippen molar-refractivity contribution in [3.63, 3.8) is 0 Å². The fraction of sp³-hybridized carbons (Fsp3) is 0.429. The molecule has 1 aliphatic rings. The van der Waals surface area contributed by atoms with E-state index in [2.05, 4.69) is 11.4 Å². The third-order valence-corrected chi connectivity index (χ3v) is 3.64. The molecule has 0 bridgehead atoms. The van der Waals surface area contributed by atoms with Gasteiger partial charge in [0.05, 0.1) is 18.7 Å². The van der Waals surface area contributed by atoms with Crippen molar-refractivity contribution in [1.82, 2.24) is 5.32 Å². The summed E-state index contributed by atoms with van der Waals surface area (Å²) in [5.74, 6) is 0.333. The van der Waals surface area contributed by atoms with Crippen molar-refractivity contribution in [2.45, 2.75) is 25.3 Å². The van der Waals surface area contributed by atoms with Crippen LogP contribution in [0.2, 0.25) is 5.02 Å². The molecule has 1 atom stereocenters. The molecule has 1 aliphatic carbocycles. The summed E-state index contributed by atoms with van der Waals surface area (Å²) in [5.41, 5.74) is -0.484. The van der Waals surface area contributed by atoms with Gasteiger partial charge in [0.2, 0.25) is 0 Å². The van der Waals surface area contributed by atoms with Crippen LogP contribution < -0.4 is 10.1 Å². The van der Waals surface area contributed by atoms with Crippen LogP contribution in [0.3, 0.4) is 0 Å². The van der Waals surface area contributed by atoms with Crippen LogP contribution in [0.5, 0.6) is 5.75 Å². The standard InChI is InChI=1S/C14H15ClN2O2/c1-14(8-16,9-3-4-9)17-13(18)11-7-10(15)5-6-12(11)19-2/h5-7,9H,3-4H2,1-2H3,(H,17,18)/t14-/m1/s1. The van der Waals surface area contributed by atoms with Gasteiger partial charge in [0.25, 0.3) is 5.91 Å². The van der Waals surface area contributed by atoms with Gasteiger partial charge in [-0.15, -0.1) is 0 Å². The summed E-state index contributed by atoms with van der Waals surface area (Å²) in [7, 11) is 1.49. The molecule has 0 aromatic heterocycles. The van der Waals surface area contributed by atoms with E-state index >= 15 is 0 Å². The predicted octanol–water partition coefficient (Wildman–Crippen LogP) is 2.77. The number of hydrogen-bond acceptors (Lipinski definition) is 3. The molecule has 19 heavy (non-hydrogen) atoms. The Labute approximate surface area is 117 Å². The van der Waals surface area contributed by atoms with Gasteiger partial charge in [-0.25, -0.2) is 0 Å². The van der Waals surface area contributed by atoms with E-state index in [1.165, 1.54) is 7.11 Å². The molecule has 0 spiro atoms. The van der Waals surface area contributed by atoms with Gasteiger partial charge < -0.3 is 10.1 Å². The number of nitrogens with zero attached hydrogens (tertiary/aromatic N) is 1. The van der Waals surface area contributed by atoms with E-state index in [4.69, 9.17) is 16.3 Å². The molecule has 1 N–H and O–H groups in total. The number of benzene rings is 1. The minimum Gasteiger partial charge on any atom is -0.496 e. The Morgan fingerprint density at radius 2 is 2.26 bits per heavy atom. The van der Waals surface area contributed by atoms with Crippen LogP contribution >= 0.6 is 11.6 Å². The number of carbonyl (C=O) groups is 1. The van der Waals surface area contributed by atoms with Gasteiger partial charge in [-0.2, -0.15) is 5.26 Å². The second-order valence-electron chi connectivity index (χ2n) is 4.89. The zero-order chi connectivity index (χ0) is 14.0. The maximum Gasteiger partial charge on any atom is 0.256 e. The first-order chi connectivity index (χ1) is 9.00. The summed E-state index contributed by atoms with van der Waals surface area (Å²) in [6.45, 7) is 1.75. The molecule has 1 amide bonds. The van der Waals surface area contributed by atoms with Crippen molar-refractivity contribution in [3.8, 4) is 11.8 Å². The zero-order valence-electron chi connectivity index (χ0n) is 10.9. The summed E-state index contributed by atoms with van der Waals surface area (Å²) >= 11 is 5.90. The Hall–Kier alpha value is -1.73. The summed E-state index contributed by atoms with van der Waals surface area (Å²) in [5, 5.41) is 12.5. The van der Waals surface area contributed by atoms with E-state index in [1.54, 1.807) is 25.1 Å². The van der Waals surface area contributed by atoms with E-state index in [0.717, 1.165) is 12.8 Å². The number of rotatable bonds is 4. The number of carbonyl (C=O) groups excluding carboxylic acids is 1.